The standard InChI is InChI=1S/C19H29N5O2/c1-16-5-6-18(26-16)17(24-11-13-25-14-12-24)15-22-19(20-2)21-7-10-23-8-3-4-9-23/h3-6,8-9,17H,7,10-15H2,1-2H3,(H2,20,21,22). The van der Waals surface area contributed by atoms with Crippen molar-refractivity contribution in [3.8, 4) is 0 Å². The van der Waals surface area contributed by atoms with Crippen LogP contribution in [-0.4, -0.2) is 61.9 Å². The molecule has 2 aromatic heterocycles. The molecule has 0 bridgehead atoms. The van der Waals surface area contributed by atoms with Gasteiger partial charge in [-0.25, -0.2) is 0 Å². The zero-order valence-electron chi connectivity index (χ0n) is 15.6. The fourth-order valence-electron chi connectivity index (χ4n) is 3.17. The Labute approximate surface area is 155 Å². The Morgan fingerprint density at radius 3 is 2.62 bits per heavy atom. The minimum absolute atomic E-state index is 0.163. The molecule has 1 aliphatic rings. The highest BCUT2D eigenvalue weighted by atomic mass is 16.5. The summed E-state index contributed by atoms with van der Waals surface area (Å²) in [7, 11) is 1.80. The van der Waals surface area contributed by atoms with Crippen molar-refractivity contribution >= 4 is 5.96 Å². The minimum atomic E-state index is 0.163. The highest BCUT2D eigenvalue weighted by Crippen LogP contribution is 2.23. The number of hydrogen-bond acceptors (Lipinski definition) is 4. The molecule has 0 saturated carbocycles. The lowest BCUT2D eigenvalue weighted by Gasteiger charge is -2.33. The van der Waals surface area contributed by atoms with E-state index in [1.54, 1.807) is 7.05 Å². The number of guanidine groups is 1. The predicted octanol–water partition coefficient (Wildman–Crippen LogP) is 1.63. The van der Waals surface area contributed by atoms with Crippen molar-refractivity contribution in [2.24, 2.45) is 4.99 Å². The van der Waals surface area contributed by atoms with Crippen molar-refractivity contribution in [1.82, 2.24) is 20.1 Å². The molecule has 26 heavy (non-hydrogen) atoms. The van der Waals surface area contributed by atoms with Gasteiger partial charge in [-0.1, -0.05) is 0 Å². The van der Waals surface area contributed by atoms with Crippen molar-refractivity contribution < 1.29 is 9.15 Å². The Hall–Kier alpha value is -2.25. The molecule has 142 valence electrons. The maximum atomic E-state index is 5.91. The summed E-state index contributed by atoms with van der Waals surface area (Å²) in [6, 6.07) is 8.32. The summed E-state index contributed by atoms with van der Waals surface area (Å²) in [6.45, 7) is 7.77. The van der Waals surface area contributed by atoms with E-state index in [-0.39, 0.29) is 6.04 Å². The van der Waals surface area contributed by atoms with Gasteiger partial charge in [0.05, 0.1) is 19.3 Å². The van der Waals surface area contributed by atoms with Crippen LogP contribution in [0.25, 0.3) is 0 Å². The molecular formula is C19H29N5O2. The molecule has 1 unspecified atom stereocenters. The third kappa shape index (κ3) is 5.12. The second-order valence-electron chi connectivity index (χ2n) is 6.41. The molecular weight excluding hydrogens is 330 g/mol. The lowest BCUT2D eigenvalue weighted by Crippen LogP contribution is -2.46. The van der Waals surface area contributed by atoms with E-state index in [9.17, 15) is 0 Å². The van der Waals surface area contributed by atoms with Crippen molar-refractivity contribution in [3.05, 3.63) is 48.2 Å². The van der Waals surface area contributed by atoms with Gasteiger partial charge >= 0.3 is 0 Å². The van der Waals surface area contributed by atoms with E-state index in [4.69, 9.17) is 9.15 Å². The van der Waals surface area contributed by atoms with Gasteiger partial charge in [0.2, 0.25) is 0 Å². The summed E-state index contributed by atoms with van der Waals surface area (Å²) >= 11 is 0. The van der Waals surface area contributed by atoms with Gasteiger partial charge in [0.25, 0.3) is 0 Å². The second kappa shape index (κ2) is 9.45. The van der Waals surface area contributed by atoms with Gasteiger partial charge in [-0.15, -0.1) is 0 Å². The molecule has 1 aliphatic heterocycles. The first kappa shape index (κ1) is 18.5. The normalized spacial score (nSPS) is 17.2. The molecule has 3 rings (SSSR count). The first-order chi connectivity index (χ1) is 12.8. The third-order valence-electron chi connectivity index (χ3n) is 4.59. The summed E-state index contributed by atoms with van der Waals surface area (Å²) in [5, 5.41) is 6.81. The van der Waals surface area contributed by atoms with Crippen molar-refractivity contribution in [2.45, 2.75) is 19.5 Å². The Morgan fingerprint density at radius 1 is 1.19 bits per heavy atom. The van der Waals surface area contributed by atoms with E-state index >= 15 is 0 Å². The van der Waals surface area contributed by atoms with E-state index in [1.807, 2.05) is 25.1 Å². The van der Waals surface area contributed by atoms with Crippen LogP contribution in [0.2, 0.25) is 0 Å². The molecule has 0 aromatic carbocycles. The number of morpholine rings is 1. The van der Waals surface area contributed by atoms with Gasteiger partial charge < -0.3 is 24.4 Å². The van der Waals surface area contributed by atoms with Gasteiger partial charge in [0.1, 0.15) is 11.5 Å². The molecule has 0 amide bonds. The maximum Gasteiger partial charge on any atom is 0.191 e. The fourth-order valence-corrected chi connectivity index (χ4v) is 3.17. The number of furan rings is 1. The number of ether oxygens (including phenoxy) is 1. The molecule has 1 fully saturated rings. The van der Waals surface area contributed by atoms with E-state index in [0.29, 0.717) is 0 Å². The molecule has 1 atom stereocenters. The van der Waals surface area contributed by atoms with Crippen LogP contribution >= 0.6 is 0 Å². The van der Waals surface area contributed by atoms with E-state index < -0.39 is 0 Å². The number of hydrogen-bond donors (Lipinski definition) is 2. The zero-order valence-corrected chi connectivity index (χ0v) is 15.6. The molecule has 2 aromatic rings. The first-order valence-corrected chi connectivity index (χ1v) is 9.19. The molecule has 2 N–H and O–H groups in total. The highest BCUT2D eigenvalue weighted by molar-refractivity contribution is 5.79. The van der Waals surface area contributed by atoms with Crippen LogP contribution in [0.1, 0.15) is 17.6 Å². The molecule has 0 radical (unpaired) electrons. The first-order valence-electron chi connectivity index (χ1n) is 9.19. The fraction of sp³-hybridized carbons (Fsp3) is 0.526. The lowest BCUT2D eigenvalue weighted by atomic mass is 10.1. The van der Waals surface area contributed by atoms with Crippen LogP contribution in [0.15, 0.2) is 46.1 Å². The van der Waals surface area contributed by atoms with Crippen LogP contribution in [-0.2, 0) is 11.3 Å². The van der Waals surface area contributed by atoms with Crippen LogP contribution < -0.4 is 10.6 Å². The lowest BCUT2D eigenvalue weighted by molar-refractivity contribution is 0.0124. The molecule has 0 aliphatic carbocycles. The number of rotatable bonds is 7. The third-order valence-corrected chi connectivity index (χ3v) is 4.59. The Kier molecular flexibility index (Phi) is 6.74. The number of nitrogens with one attached hydrogen (secondary N) is 2. The van der Waals surface area contributed by atoms with E-state index in [1.165, 1.54) is 0 Å². The summed E-state index contributed by atoms with van der Waals surface area (Å²) in [6.07, 6.45) is 4.12. The van der Waals surface area contributed by atoms with Crippen molar-refractivity contribution in [2.75, 3.05) is 46.4 Å². The smallest absolute Gasteiger partial charge is 0.191 e. The van der Waals surface area contributed by atoms with Crippen LogP contribution in [0.5, 0.6) is 0 Å². The summed E-state index contributed by atoms with van der Waals surface area (Å²) in [4.78, 5) is 6.74. The van der Waals surface area contributed by atoms with Crippen molar-refractivity contribution in [1.29, 1.82) is 0 Å². The largest absolute Gasteiger partial charge is 0.465 e. The highest BCUT2D eigenvalue weighted by Gasteiger charge is 2.25. The molecule has 7 heteroatoms. The number of aliphatic imine (C=N–C) groups is 1. The number of nitrogens with zero attached hydrogens (tertiary/aromatic N) is 3. The van der Waals surface area contributed by atoms with E-state index in [2.05, 4.69) is 43.6 Å². The van der Waals surface area contributed by atoms with Gasteiger partial charge in [0.15, 0.2) is 5.96 Å². The topological polar surface area (TPSA) is 67.0 Å². The average molecular weight is 359 g/mol. The summed E-state index contributed by atoms with van der Waals surface area (Å²) < 4.78 is 13.5. The van der Waals surface area contributed by atoms with Crippen LogP contribution in [0.4, 0.5) is 0 Å². The van der Waals surface area contributed by atoms with Gasteiger partial charge in [0, 0.05) is 52.2 Å². The Balaban J connectivity index is 1.55. The van der Waals surface area contributed by atoms with Gasteiger partial charge in [-0.3, -0.25) is 9.89 Å². The number of aromatic nitrogens is 1. The summed E-state index contributed by atoms with van der Waals surface area (Å²) in [5.41, 5.74) is 0. The monoisotopic (exact) mass is 359 g/mol. The molecule has 1 saturated heterocycles. The van der Waals surface area contributed by atoms with Crippen LogP contribution in [0, 0.1) is 6.92 Å². The van der Waals surface area contributed by atoms with Gasteiger partial charge in [-0.05, 0) is 31.2 Å². The molecule has 7 nitrogen and oxygen atoms in total. The average Bonchev–Trinajstić information content (AvgIpc) is 3.33. The number of aryl methyl sites for hydroxylation is 1. The second-order valence-corrected chi connectivity index (χ2v) is 6.41. The quantitative estimate of drug-likeness (QED) is 0.581. The molecule has 0 spiro atoms. The predicted molar refractivity (Wildman–Crippen MR) is 102 cm³/mol. The summed E-state index contributed by atoms with van der Waals surface area (Å²) in [5.74, 6) is 2.73. The van der Waals surface area contributed by atoms with Crippen molar-refractivity contribution in [3.63, 3.8) is 0 Å². The maximum absolute atomic E-state index is 5.91. The zero-order chi connectivity index (χ0) is 18.2. The minimum Gasteiger partial charge on any atom is -0.465 e. The Bertz CT molecular complexity index is 674. The van der Waals surface area contributed by atoms with Gasteiger partial charge in [-0.2, -0.15) is 0 Å². The SMILES string of the molecule is CN=C(NCCn1cccc1)NCC(c1ccc(C)o1)N1CCOCC1. The Morgan fingerprint density at radius 2 is 1.96 bits per heavy atom. The molecule has 3 heterocycles. The van der Waals surface area contributed by atoms with Crippen LogP contribution in [0.3, 0.4) is 0 Å². The van der Waals surface area contributed by atoms with E-state index in [0.717, 1.165) is 63.4 Å².